The van der Waals surface area contributed by atoms with Crippen molar-refractivity contribution in [3.8, 4) is 10.4 Å². The number of aliphatic hydroxyl groups excluding tert-OH is 1. The van der Waals surface area contributed by atoms with Gasteiger partial charge in [0.1, 0.15) is 0 Å². The Balaban J connectivity index is 0.00000220. The summed E-state index contributed by atoms with van der Waals surface area (Å²) in [5.41, 5.74) is 2.83. The van der Waals surface area contributed by atoms with Gasteiger partial charge in [-0.3, -0.25) is 4.79 Å². The van der Waals surface area contributed by atoms with E-state index < -0.39 is 0 Å². The molecule has 2 rings (SSSR count). The molecule has 0 saturated heterocycles. The predicted octanol–water partition coefficient (Wildman–Crippen LogP) is 2.48. The van der Waals surface area contributed by atoms with Crippen LogP contribution >= 0.6 is 23.7 Å². The van der Waals surface area contributed by atoms with Gasteiger partial charge in [-0.25, -0.2) is 0 Å². The number of thiophene rings is 1. The highest BCUT2D eigenvalue weighted by Gasteiger charge is 2.09. The van der Waals surface area contributed by atoms with Crippen molar-refractivity contribution in [2.45, 2.75) is 26.8 Å². The van der Waals surface area contributed by atoms with E-state index in [9.17, 15) is 4.79 Å². The molecule has 2 heterocycles. The molecule has 0 aliphatic carbocycles. The monoisotopic (exact) mass is 328 g/mol. The molecule has 4 nitrogen and oxygen atoms in total. The summed E-state index contributed by atoms with van der Waals surface area (Å²) in [6.07, 6.45) is 0.735. The molecular weight excluding hydrogens is 308 g/mol. The number of aromatic nitrogens is 1. The lowest BCUT2D eigenvalue weighted by Gasteiger charge is -2.05. The number of nitrogens with one attached hydrogen (secondary N) is 2. The lowest BCUT2D eigenvalue weighted by molar-refractivity contribution is 0.292. The molecule has 0 saturated carbocycles. The van der Waals surface area contributed by atoms with Gasteiger partial charge in [-0.05, 0) is 31.5 Å². The summed E-state index contributed by atoms with van der Waals surface area (Å²) >= 11 is 1.71. The molecule has 2 aromatic rings. The first-order valence-corrected chi connectivity index (χ1v) is 7.60. The van der Waals surface area contributed by atoms with Gasteiger partial charge in [-0.2, -0.15) is 0 Å². The second kappa shape index (κ2) is 8.34. The van der Waals surface area contributed by atoms with Crippen LogP contribution in [0.3, 0.4) is 0 Å². The third kappa shape index (κ3) is 4.41. The van der Waals surface area contributed by atoms with Crippen LogP contribution in [0, 0.1) is 6.92 Å². The van der Waals surface area contributed by atoms with Gasteiger partial charge in [-0.15, -0.1) is 23.7 Å². The van der Waals surface area contributed by atoms with E-state index in [2.05, 4.69) is 22.4 Å². The van der Waals surface area contributed by atoms with Crippen LogP contribution in [0.4, 0.5) is 0 Å². The van der Waals surface area contributed by atoms with Crippen LogP contribution in [0.15, 0.2) is 23.0 Å². The zero-order chi connectivity index (χ0) is 14.5. The normalized spacial score (nSPS) is 10.4. The van der Waals surface area contributed by atoms with Crippen LogP contribution in [-0.4, -0.2) is 23.2 Å². The molecule has 0 atom stereocenters. The van der Waals surface area contributed by atoms with E-state index in [0.29, 0.717) is 6.54 Å². The average Bonchev–Trinajstić information content (AvgIpc) is 2.88. The fourth-order valence-corrected chi connectivity index (χ4v) is 3.14. The van der Waals surface area contributed by atoms with Crippen LogP contribution < -0.4 is 10.9 Å². The number of hydrogen-bond donors (Lipinski definition) is 3. The van der Waals surface area contributed by atoms with E-state index in [4.69, 9.17) is 5.11 Å². The lowest BCUT2D eigenvalue weighted by Crippen LogP contribution is -2.16. The highest BCUT2D eigenvalue weighted by molar-refractivity contribution is 7.15. The smallest absolute Gasteiger partial charge is 0.251 e. The summed E-state index contributed by atoms with van der Waals surface area (Å²) < 4.78 is 0. The van der Waals surface area contributed by atoms with Crippen molar-refractivity contribution in [1.29, 1.82) is 0 Å². The standard InChI is InChI=1S/C15H20N2O2S.ClH/c1-3-11-8-13(10(2)17-15(11)19)14-5-4-12(20-14)9-16-6-7-18;/h4-5,8,16,18H,3,6-7,9H2,1-2H3,(H,17,19);1H. The summed E-state index contributed by atoms with van der Waals surface area (Å²) in [6.45, 7) is 5.43. The van der Waals surface area contributed by atoms with Crippen LogP contribution in [0.5, 0.6) is 0 Å². The van der Waals surface area contributed by atoms with Gasteiger partial charge in [0.05, 0.1) is 6.61 Å². The highest BCUT2D eigenvalue weighted by Crippen LogP contribution is 2.29. The number of aromatic amines is 1. The third-order valence-corrected chi connectivity index (χ3v) is 4.33. The van der Waals surface area contributed by atoms with Crippen molar-refractivity contribution in [3.63, 3.8) is 0 Å². The maximum atomic E-state index is 11.7. The molecule has 0 aliphatic rings. The molecule has 0 spiro atoms. The number of pyridine rings is 1. The van der Waals surface area contributed by atoms with Crippen molar-refractivity contribution in [2.75, 3.05) is 13.2 Å². The summed E-state index contributed by atoms with van der Waals surface area (Å²) in [5, 5.41) is 11.9. The summed E-state index contributed by atoms with van der Waals surface area (Å²) in [4.78, 5) is 17.1. The van der Waals surface area contributed by atoms with Crippen molar-refractivity contribution in [3.05, 3.63) is 44.7 Å². The maximum Gasteiger partial charge on any atom is 0.251 e. The molecule has 2 aromatic heterocycles. The van der Waals surface area contributed by atoms with Crippen LogP contribution in [0.1, 0.15) is 23.1 Å². The van der Waals surface area contributed by atoms with Crippen molar-refractivity contribution in [1.82, 2.24) is 10.3 Å². The van der Waals surface area contributed by atoms with Crippen LogP contribution in [0.2, 0.25) is 0 Å². The SMILES string of the molecule is CCc1cc(-c2ccc(CNCCO)s2)c(C)[nH]c1=O.Cl. The molecule has 6 heteroatoms. The molecule has 0 amide bonds. The second-order valence-electron chi connectivity index (χ2n) is 4.68. The van der Waals surface area contributed by atoms with Crippen LogP contribution in [-0.2, 0) is 13.0 Å². The fourth-order valence-electron chi connectivity index (χ4n) is 2.09. The zero-order valence-electron chi connectivity index (χ0n) is 12.2. The number of H-pyrrole nitrogens is 1. The Bertz CT molecular complexity index is 637. The Hall–Kier alpha value is -1.14. The number of aliphatic hydroxyl groups is 1. The lowest BCUT2D eigenvalue weighted by atomic mass is 10.1. The topological polar surface area (TPSA) is 65.1 Å². The van der Waals surface area contributed by atoms with Gasteiger partial charge in [0, 0.05) is 39.7 Å². The molecule has 116 valence electrons. The maximum absolute atomic E-state index is 11.7. The van der Waals surface area contributed by atoms with Gasteiger partial charge >= 0.3 is 0 Å². The highest BCUT2D eigenvalue weighted by atomic mass is 35.5. The molecular formula is C15H21ClN2O2S. The Labute approximate surface area is 134 Å². The largest absolute Gasteiger partial charge is 0.395 e. The third-order valence-electron chi connectivity index (χ3n) is 3.21. The average molecular weight is 329 g/mol. The van der Waals surface area contributed by atoms with E-state index in [0.717, 1.165) is 34.7 Å². The van der Waals surface area contributed by atoms with Gasteiger partial charge in [-0.1, -0.05) is 6.92 Å². The summed E-state index contributed by atoms with van der Waals surface area (Å²) in [6, 6.07) is 6.16. The minimum absolute atomic E-state index is 0. The number of halogens is 1. The summed E-state index contributed by atoms with van der Waals surface area (Å²) in [7, 11) is 0. The Morgan fingerprint density at radius 1 is 1.38 bits per heavy atom. The first-order chi connectivity index (χ1) is 9.65. The van der Waals surface area contributed by atoms with E-state index in [1.54, 1.807) is 11.3 Å². The number of aryl methyl sites for hydroxylation is 2. The minimum atomic E-state index is 0. The van der Waals surface area contributed by atoms with E-state index in [1.807, 2.05) is 19.9 Å². The first-order valence-electron chi connectivity index (χ1n) is 6.79. The second-order valence-corrected chi connectivity index (χ2v) is 5.85. The molecule has 0 unspecified atom stereocenters. The zero-order valence-corrected chi connectivity index (χ0v) is 13.9. The Morgan fingerprint density at radius 2 is 2.14 bits per heavy atom. The first kappa shape index (κ1) is 17.9. The van der Waals surface area contributed by atoms with Crippen LogP contribution in [0.25, 0.3) is 10.4 Å². The molecule has 21 heavy (non-hydrogen) atoms. The van der Waals surface area contributed by atoms with Gasteiger partial charge in [0.25, 0.3) is 5.56 Å². The Morgan fingerprint density at radius 3 is 2.81 bits per heavy atom. The Kier molecular flexibility index (Phi) is 7.11. The van der Waals surface area contributed by atoms with Gasteiger partial charge in [0.2, 0.25) is 0 Å². The van der Waals surface area contributed by atoms with Crippen molar-refractivity contribution >= 4 is 23.7 Å². The van der Waals surface area contributed by atoms with E-state index in [1.165, 1.54) is 4.88 Å². The van der Waals surface area contributed by atoms with Gasteiger partial charge in [0.15, 0.2) is 0 Å². The number of hydrogen-bond acceptors (Lipinski definition) is 4. The van der Waals surface area contributed by atoms with E-state index in [-0.39, 0.29) is 24.6 Å². The van der Waals surface area contributed by atoms with E-state index >= 15 is 0 Å². The summed E-state index contributed by atoms with van der Waals surface area (Å²) in [5.74, 6) is 0. The van der Waals surface area contributed by atoms with Gasteiger partial charge < -0.3 is 15.4 Å². The molecule has 0 fully saturated rings. The molecule has 0 bridgehead atoms. The molecule has 0 aliphatic heterocycles. The molecule has 0 radical (unpaired) electrons. The molecule has 3 N–H and O–H groups in total. The number of rotatable bonds is 6. The minimum Gasteiger partial charge on any atom is -0.395 e. The predicted molar refractivity (Wildman–Crippen MR) is 90.5 cm³/mol. The fraction of sp³-hybridized carbons (Fsp3) is 0.400. The quantitative estimate of drug-likeness (QED) is 0.714. The van der Waals surface area contributed by atoms with Crippen molar-refractivity contribution in [2.24, 2.45) is 0 Å². The molecule has 0 aromatic carbocycles. The van der Waals surface area contributed by atoms with Crippen molar-refractivity contribution < 1.29 is 5.11 Å².